The second-order valence-corrected chi connectivity index (χ2v) is 12.3. The van der Waals surface area contributed by atoms with Gasteiger partial charge in [0.05, 0.1) is 11.3 Å². The van der Waals surface area contributed by atoms with E-state index in [2.05, 4.69) is 70.4 Å². The Morgan fingerprint density at radius 2 is 2.00 bits per heavy atom. The summed E-state index contributed by atoms with van der Waals surface area (Å²) < 4.78 is 0. The smallest absolute Gasteiger partial charge is 0.233 e. The average Bonchev–Trinajstić information content (AvgIpc) is 2.86. The summed E-state index contributed by atoms with van der Waals surface area (Å²) in [5.41, 5.74) is 10.2. The average molecular weight is 507 g/mol. The van der Waals surface area contributed by atoms with Crippen molar-refractivity contribution in [2.24, 2.45) is 5.92 Å². The van der Waals surface area contributed by atoms with Crippen LogP contribution in [0.4, 0.5) is 0 Å². The lowest BCUT2D eigenvalue weighted by Gasteiger charge is -2.49. The van der Waals surface area contributed by atoms with Gasteiger partial charge in [-0.25, -0.2) is 0 Å². The van der Waals surface area contributed by atoms with Crippen LogP contribution in [0.2, 0.25) is 0 Å². The maximum atomic E-state index is 12.2. The summed E-state index contributed by atoms with van der Waals surface area (Å²) in [6, 6.07) is 4.99. The van der Waals surface area contributed by atoms with Crippen molar-refractivity contribution in [1.82, 2.24) is 10.2 Å². The molecule has 1 N–H and O–H groups in total. The zero-order valence-corrected chi connectivity index (χ0v) is 24.0. The van der Waals surface area contributed by atoms with Crippen molar-refractivity contribution in [3.05, 3.63) is 69.6 Å². The quantitative estimate of drug-likeness (QED) is 0.189. The normalized spacial score (nSPS) is 24.1. The van der Waals surface area contributed by atoms with Crippen molar-refractivity contribution < 1.29 is 4.79 Å². The van der Waals surface area contributed by atoms with Gasteiger partial charge in [0, 0.05) is 23.9 Å². The van der Waals surface area contributed by atoms with Crippen molar-refractivity contribution in [2.75, 3.05) is 12.3 Å². The lowest BCUT2D eigenvalue weighted by molar-refractivity contribution is -0.145. The molecule has 1 fully saturated rings. The van der Waals surface area contributed by atoms with E-state index in [9.17, 15) is 4.79 Å². The van der Waals surface area contributed by atoms with E-state index in [1.54, 1.807) is 16.7 Å². The molecule has 3 nitrogen and oxygen atoms in total. The Balaban J connectivity index is 1.38. The molecule has 1 amide bonds. The lowest BCUT2D eigenvalue weighted by Crippen LogP contribution is -2.58. The van der Waals surface area contributed by atoms with Crippen LogP contribution in [0.15, 0.2) is 47.3 Å². The number of nitrogens with one attached hydrogen (secondary N) is 1. The number of benzene rings is 1. The SMILES string of the molecule is CCCCCc1cc(C)c(C2C=C(C)CCC2)c(CC/C=C/NCC2=C(C)N3C(=O)C(C)C3SC2)c1. The van der Waals surface area contributed by atoms with Crippen LogP contribution in [0.25, 0.3) is 0 Å². The Morgan fingerprint density at radius 1 is 1.17 bits per heavy atom. The predicted molar refractivity (Wildman–Crippen MR) is 155 cm³/mol. The molecular weight excluding hydrogens is 460 g/mol. The largest absolute Gasteiger partial charge is 0.387 e. The van der Waals surface area contributed by atoms with E-state index in [-0.39, 0.29) is 11.8 Å². The van der Waals surface area contributed by atoms with Crippen LogP contribution in [0.3, 0.4) is 0 Å². The highest BCUT2D eigenvalue weighted by atomic mass is 32.2. The van der Waals surface area contributed by atoms with Crippen molar-refractivity contribution in [3.8, 4) is 0 Å². The third-order valence-electron chi connectivity index (χ3n) is 8.29. The van der Waals surface area contributed by atoms with Gasteiger partial charge in [-0.15, -0.1) is 11.8 Å². The van der Waals surface area contributed by atoms with E-state index < -0.39 is 0 Å². The van der Waals surface area contributed by atoms with Crippen molar-refractivity contribution in [1.29, 1.82) is 0 Å². The Labute approximate surface area is 223 Å². The minimum atomic E-state index is 0.172. The minimum Gasteiger partial charge on any atom is -0.387 e. The van der Waals surface area contributed by atoms with E-state index in [4.69, 9.17) is 0 Å². The number of rotatable bonds is 11. The number of unbranched alkanes of at least 4 members (excludes halogenated alkanes) is 2. The summed E-state index contributed by atoms with van der Waals surface area (Å²) in [7, 11) is 0. The Kier molecular flexibility index (Phi) is 9.44. The summed E-state index contributed by atoms with van der Waals surface area (Å²) in [5, 5.41) is 3.86. The molecular formula is C32H46N2OS. The van der Waals surface area contributed by atoms with E-state index in [1.807, 2.05) is 16.7 Å². The molecule has 0 aromatic heterocycles. The molecule has 3 aliphatic rings. The molecule has 4 heteroatoms. The van der Waals surface area contributed by atoms with Gasteiger partial charge in [0.1, 0.15) is 0 Å². The van der Waals surface area contributed by atoms with Gasteiger partial charge in [0.15, 0.2) is 0 Å². The number of amides is 1. The maximum absolute atomic E-state index is 12.2. The van der Waals surface area contributed by atoms with Gasteiger partial charge in [0.25, 0.3) is 0 Å². The van der Waals surface area contributed by atoms with Gasteiger partial charge >= 0.3 is 0 Å². The third-order valence-corrected chi connectivity index (χ3v) is 9.76. The number of carbonyl (C=O) groups is 1. The van der Waals surface area contributed by atoms with Gasteiger partial charge in [-0.2, -0.15) is 0 Å². The van der Waals surface area contributed by atoms with E-state index >= 15 is 0 Å². The second-order valence-electron chi connectivity index (χ2n) is 11.2. The summed E-state index contributed by atoms with van der Waals surface area (Å²) in [6.45, 7) is 11.9. The van der Waals surface area contributed by atoms with E-state index in [0.717, 1.165) is 25.1 Å². The Hall–Kier alpha value is -1.94. The van der Waals surface area contributed by atoms with Crippen LogP contribution < -0.4 is 5.32 Å². The fraction of sp³-hybridized carbons (Fsp3) is 0.594. The third kappa shape index (κ3) is 6.13. The number of aryl methyl sites for hydroxylation is 3. The number of hydrogen-bond donors (Lipinski definition) is 1. The van der Waals surface area contributed by atoms with Crippen molar-refractivity contribution in [2.45, 2.75) is 104 Å². The highest BCUT2D eigenvalue weighted by Gasteiger charge is 2.47. The zero-order valence-electron chi connectivity index (χ0n) is 23.2. The van der Waals surface area contributed by atoms with Crippen molar-refractivity contribution >= 4 is 17.7 Å². The molecule has 196 valence electrons. The highest BCUT2D eigenvalue weighted by Crippen LogP contribution is 2.43. The van der Waals surface area contributed by atoms with Gasteiger partial charge in [-0.3, -0.25) is 4.79 Å². The number of β-lactam (4-membered cyclic amide) rings is 1. The monoisotopic (exact) mass is 506 g/mol. The second kappa shape index (κ2) is 12.5. The van der Waals surface area contributed by atoms with Gasteiger partial charge in [-0.05, 0) is 99.7 Å². The number of allylic oxidation sites excluding steroid dienone is 4. The van der Waals surface area contributed by atoms with Crippen LogP contribution >= 0.6 is 11.8 Å². The number of nitrogens with zero attached hydrogens (tertiary/aromatic N) is 1. The summed E-state index contributed by atoms with van der Waals surface area (Å²) in [5.74, 6) is 2.05. The molecule has 2 heterocycles. The standard InChI is InChI=1S/C32H46N2OS/c1-6-7-8-13-26-18-23(3)30(27-15-11-12-22(2)17-27)28(19-26)14-9-10-16-33-20-29-21-36-32-24(4)31(35)34(32)25(29)5/h10,16-19,24,27,32-33H,6-9,11-15,20-21H2,1-5H3/b16-10+. The molecule has 1 saturated heterocycles. The molecule has 0 bridgehead atoms. The van der Waals surface area contributed by atoms with Gasteiger partial charge < -0.3 is 10.2 Å². The van der Waals surface area contributed by atoms with E-state index in [1.165, 1.54) is 67.3 Å². The van der Waals surface area contributed by atoms with Crippen LogP contribution in [0.1, 0.15) is 101 Å². The fourth-order valence-corrected chi connectivity index (χ4v) is 7.66. The molecule has 3 atom stereocenters. The molecule has 3 unspecified atom stereocenters. The first-order valence-corrected chi connectivity index (χ1v) is 15.3. The maximum Gasteiger partial charge on any atom is 0.233 e. The molecule has 1 aromatic carbocycles. The zero-order chi connectivity index (χ0) is 25.7. The van der Waals surface area contributed by atoms with Gasteiger partial charge in [-0.1, -0.05) is 56.5 Å². The topological polar surface area (TPSA) is 32.3 Å². The number of carbonyl (C=O) groups excluding carboxylic acids is 1. The first-order chi connectivity index (χ1) is 17.4. The minimum absolute atomic E-state index is 0.172. The number of fused-ring (bicyclic) bond motifs is 1. The molecule has 36 heavy (non-hydrogen) atoms. The summed E-state index contributed by atoms with van der Waals surface area (Å²) in [6.07, 6.45) is 18.0. The molecule has 0 saturated carbocycles. The van der Waals surface area contributed by atoms with Crippen LogP contribution in [0, 0.1) is 12.8 Å². The van der Waals surface area contributed by atoms with Crippen LogP contribution in [-0.2, 0) is 17.6 Å². The summed E-state index contributed by atoms with van der Waals surface area (Å²) in [4.78, 5) is 14.2. The predicted octanol–water partition coefficient (Wildman–Crippen LogP) is 7.80. The molecule has 1 aromatic rings. The van der Waals surface area contributed by atoms with E-state index in [0.29, 0.717) is 11.3 Å². The molecule has 0 radical (unpaired) electrons. The number of hydrogen-bond acceptors (Lipinski definition) is 3. The molecule has 4 rings (SSSR count). The first kappa shape index (κ1) is 27.1. The van der Waals surface area contributed by atoms with Crippen molar-refractivity contribution in [3.63, 3.8) is 0 Å². The fourth-order valence-electron chi connectivity index (χ4n) is 6.16. The first-order valence-electron chi connectivity index (χ1n) is 14.2. The molecule has 1 aliphatic carbocycles. The van der Waals surface area contributed by atoms with Gasteiger partial charge in [0.2, 0.25) is 5.91 Å². The number of thioether (sulfide) groups is 1. The highest BCUT2D eigenvalue weighted by molar-refractivity contribution is 8.00. The molecule has 0 spiro atoms. The lowest BCUT2D eigenvalue weighted by atomic mass is 9.80. The summed E-state index contributed by atoms with van der Waals surface area (Å²) >= 11 is 1.91. The molecule has 2 aliphatic heterocycles. The Bertz CT molecular complexity index is 1040. The Morgan fingerprint density at radius 3 is 2.78 bits per heavy atom. The van der Waals surface area contributed by atoms with Crippen LogP contribution in [-0.4, -0.2) is 28.5 Å². The van der Waals surface area contributed by atoms with Crippen LogP contribution in [0.5, 0.6) is 0 Å².